The van der Waals surface area contributed by atoms with E-state index in [1.165, 1.54) is 18.2 Å². The zero-order chi connectivity index (χ0) is 13.1. The van der Waals surface area contributed by atoms with Crippen LogP contribution in [0.4, 0.5) is 4.39 Å². The molecule has 18 heavy (non-hydrogen) atoms. The van der Waals surface area contributed by atoms with Crippen LogP contribution in [0, 0.1) is 24.1 Å². The van der Waals surface area contributed by atoms with E-state index in [0.29, 0.717) is 21.5 Å². The molecule has 1 heterocycles. The van der Waals surface area contributed by atoms with Crippen molar-refractivity contribution in [2.45, 2.75) is 6.92 Å². The van der Waals surface area contributed by atoms with Gasteiger partial charge in [-0.3, -0.25) is 0 Å². The van der Waals surface area contributed by atoms with Gasteiger partial charge in [0.05, 0.1) is 11.6 Å². The Balaban J connectivity index is 2.34. The lowest BCUT2D eigenvalue weighted by atomic mass is 10.2. The molecule has 0 aliphatic carbocycles. The average molecular weight is 307 g/mol. The number of ether oxygens (including phenoxy) is 1. The van der Waals surface area contributed by atoms with Crippen molar-refractivity contribution < 1.29 is 9.13 Å². The molecule has 0 unspecified atom stereocenters. The lowest BCUT2D eigenvalue weighted by molar-refractivity contribution is 0.456. The highest BCUT2D eigenvalue weighted by Crippen LogP contribution is 2.25. The molecule has 0 atom stereocenters. The van der Waals surface area contributed by atoms with Crippen molar-refractivity contribution in [3.05, 3.63) is 51.9 Å². The van der Waals surface area contributed by atoms with E-state index in [-0.39, 0.29) is 5.88 Å². The standard InChI is InChI=1S/C13H8BrFN2O/c1-8-2-9(7-16)3-13(17-8)18-12-5-10(14)4-11(15)6-12/h2-6H,1H3. The molecule has 0 saturated carbocycles. The van der Waals surface area contributed by atoms with Crippen LogP contribution >= 0.6 is 15.9 Å². The minimum Gasteiger partial charge on any atom is -0.439 e. The summed E-state index contributed by atoms with van der Waals surface area (Å²) in [6.45, 7) is 1.76. The zero-order valence-electron chi connectivity index (χ0n) is 9.45. The number of aryl methyl sites for hydroxylation is 1. The van der Waals surface area contributed by atoms with Crippen molar-refractivity contribution >= 4 is 15.9 Å². The molecule has 0 radical (unpaired) electrons. The Hall–Kier alpha value is -1.93. The Bertz CT molecular complexity index is 617. The van der Waals surface area contributed by atoms with Crippen molar-refractivity contribution in [3.8, 4) is 17.7 Å². The number of nitriles is 1. The van der Waals surface area contributed by atoms with Crippen molar-refractivity contribution in [3.63, 3.8) is 0 Å². The summed E-state index contributed by atoms with van der Waals surface area (Å²) in [6, 6.07) is 9.37. The number of hydrogen-bond acceptors (Lipinski definition) is 3. The van der Waals surface area contributed by atoms with Crippen molar-refractivity contribution in [2.24, 2.45) is 0 Å². The second-order valence-electron chi connectivity index (χ2n) is 3.65. The monoisotopic (exact) mass is 306 g/mol. The molecule has 0 spiro atoms. The normalized spacial score (nSPS) is 9.89. The van der Waals surface area contributed by atoms with E-state index >= 15 is 0 Å². The van der Waals surface area contributed by atoms with Gasteiger partial charge in [0.25, 0.3) is 0 Å². The topological polar surface area (TPSA) is 45.9 Å². The number of hydrogen-bond donors (Lipinski definition) is 0. The Kier molecular flexibility index (Phi) is 3.58. The van der Waals surface area contributed by atoms with E-state index in [0.717, 1.165) is 0 Å². The Morgan fingerprint density at radius 1 is 1.28 bits per heavy atom. The summed E-state index contributed by atoms with van der Waals surface area (Å²) in [7, 11) is 0. The van der Waals surface area contributed by atoms with E-state index in [1.54, 1.807) is 19.1 Å². The summed E-state index contributed by atoms with van der Waals surface area (Å²) < 4.78 is 19.2. The van der Waals surface area contributed by atoms with Gasteiger partial charge in [-0.2, -0.15) is 5.26 Å². The minimum absolute atomic E-state index is 0.268. The molecule has 0 aliphatic rings. The van der Waals surface area contributed by atoms with Gasteiger partial charge in [0.1, 0.15) is 11.6 Å². The smallest absolute Gasteiger partial charge is 0.220 e. The van der Waals surface area contributed by atoms with Crippen LogP contribution < -0.4 is 4.74 Å². The number of aromatic nitrogens is 1. The molecule has 1 aromatic carbocycles. The summed E-state index contributed by atoms with van der Waals surface area (Å²) in [4.78, 5) is 4.13. The number of halogens is 2. The van der Waals surface area contributed by atoms with Gasteiger partial charge < -0.3 is 4.74 Å². The summed E-state index contributed by atoms with van der Waals surface area (Å²) in [5, 5.41) is 8.84. The highest BCUT2D eigenvalue weighted by Gasteiger charge is 2.05. The molecule has 0 N–H and O–H groups in total. The van der Waals surface area contributed by atoms with Crippen molar-refractivity contribution in [1.29, 1.82) is 5.26 Å². The molecule has 0 fully saturated rings. The summed E-state index contributed by atoms with van der Waals surface area (Å²) in [5.41, 5.74) is 1.12. The van der Waals surface area contributed by atoms with Gasteiger partial charge >= 0.3 is 0 Å². The lowest BCUT2D eigenvalue weighted by Crippen LogP contribution is -1.92. The second-order valence-corrected chi connectivity index (χ2v) is 4.57. The Morgan fingerprint density at radius 3 is 2.72 bits per heavy atom. The van der Waals surface area contributed by atoms with E-state index in [2.05, 4.69) is 20.9 Å². The average Bonchev–Trinajstić information content (AvgIpc) is 2.26. The molecule has 1 aromatic heterocycles. The van der Waals surface area contributed by atoms with E-state index in [1.807, 2.05) is 6.07 Å². The zero-order valence-corrected chi connectivity index (χ0v) is 11.0. The van der Waals surface area contributed by atoms with E-state index in [9.17, 15) is 4.39 Å². The van der Waals surface area contributed by atoms with E-state index < -0.39 is 5.82 Å². The molecular weight excluding hydrogens is 299 g/mol. The minimum atomic E-state index is -0.410. The fraction of sp³-hybridized carbons (Fsp3) is 0.0769. The van der Waals surface area contributed by atoms with Crippen LogP contribution in [0.15, 0.2) is 34.8 Å². The fourth-order valence-corrected chi connectivity index (χ4v) is 1.91. The molecule has 5 heteroatoms. The maximum Gasteiger partial charge on any atom is 0.220 e. The highest BCUT2D eigenvalue weighted by atomic mass is 79.9. The predicted octanol–water partition coefficient (Wildman–Crippen LogP) is 3.96. The first-order valence-electron chi connectivity index (χ1n) is 5.09. The third kappa shape index (κ3) is 3.05. The van der Waals surface area contributed by atoms with Crippen LogP contribution in [0.5, 0.6) is 11.6 Å². The Morgan fingerprint density at radius 2 is 2.06 bits per heavy atom. The molecule has 90 valence electrons. The van der Waals surface area contributed by atoms with Crippen molar-refractivity contribution in [1.82, 2.24) is 4.98 Å². The quantitative estimate of drug-likeness (QED) is 0.843. The van der Waals surface area contributed by atoms with Crippen LogP contribution in [-0.4, -0.2) is 4.98 Å². The van der Waals surface area contributed by atoms with Gasteiger partial charge in [-0.25, -0.2) is 9.37 Å². The molecule has 2 aromatic rings. The molecule has 0 aliphatic heterocycles. The molecule has 0 saturated heterocycles. The maximum atomic E-state index is 13.2. The van der Waals surface area contributed by atoms with Crippen LogP contribution in [0.3, 0.4) is 0 Å². The van der Waals surface area contributed by atoms with Crippen molar-refractivity contribution in [2.75, 3.05) is 0 Å². The largest absolute Gasteiger partial charge is 0.439 e. The van der Waals surface area contributed by atoms with Crippen LogP contribution in [0.1, 0.15) is 11.3 Å². The van der Waals surface area contributed by atoms with Gasteiger partial charge in [0, 0.05) is 22.3 Å². The predicted molar refractivity (Wildman–Crippen MR) is 67.9 cm³/mol. The molecule has 0 bridgehead atoms. The summed E-state index contributed by atoms with van der Waals surface area (Å²) in [5.74, 6) is 0.181. The molecule has 0 amide bonds. The summed E-state index contributed by atoms with van der Waals surface area (Å²) >= 11 is 3.18. The van der Waals surface area contributed by atoms with Gasteiger partial charge in [-0.1, -0.05) is 15.9 Å². The number of rotatable bonds is 2. The first-order valence-corrected chi connectivity index (χ1v) is 5.89. The summed E-state index contributed by atoms with van der Waals surface area (Å²) in [6.07, 6.45) is 0. The SMILES string of the molecule is Cc1cc(C#N)cc(Oc2cc(F)cc(Br)c2)n1. The van der Waals surface area contributed by atoms with Gasteiger partial charge in [0.15, 0.2) is 0 Å². The van der Waals surface area contributed by atoms with Gasteiger partial charge in [0.2, 0.25) is 5.88 Å². The molecule has 3 nitrogen and oxygen atoms in total. The fourth-order valence-electron chi connectivity index (χ4n) is 1.46. The molecular formula is C13H8BrFN2O. The first kappa shape index (κ1) is 12.5. The number of pyridine rings is 1. The van der Waals surface area contributed by atoms with Crippen LogP contribution in [-0.2, 0) is 0 Å². The maximum absolute atomic E-state index is 13.2. The second kappa shape index (κ2) is 5.15. The Labute approximate surface area is 112 Å². The lowest BCUT2D eigenvalue weighted by Gasteiger charge is -2.06. The first-order chi connectivity index (χ1) is 8.56. The van der Waals surface area contributed by atoms with Crippen LogP contribution in [0.25, 0.3) is 0 Å². The van der Waals surface area contributed by atoms with Crippen LogP contribution in [0.2, 0.25) is 0 Å². The third-order valence-corrected chi connectivity index (χ3v) is 2.58. The van der Waals surface area contributed by atoms with Gasteiger partial charge in [-0.15, -0.1) is 0 Å². The number of nitrogens with zero attached hydrogens (tertiary/aromatic N) is 2. The van der Waals surface area contributed by atoms with E-state index in [4.69, 9.17) is 10.00 Å². The molecule has 2 rings (SSSR count). The highest BCUT2D eigenvalue weighted by molar-refractivity contribution is 9.10. The van der Waals surface area contributed by atoms with Gasteiger partial charge in [-0.05, 0) is 25.1 Å². The number of benzene rings is 1. The third-order valence-electron chi connectivity index (χ3n) is 2.12.